The van der Waals surface area contributed by atoms with Crippen LogP contribution in [0.4, 0.5) is 4.39 Å². The second-order valence-corrected chi connectivity index (χ2v) is 5.71. The summed E-state index contributed by atoms with van der Waals surface area (Å²) in [6.07, 6.45) is 1.74. The van der Waals surface area contributed by atoms with Crippen LogP contribution >= 0.6 is 11.6 Å². The van der Waals surface area contributed by atoms with Crippen molar-refractivity contribution in [1.29, 1.82) is 0 Å². The normalized spacial score (nSPS) is 20.8. The van der Waals surface area contributed by atoms with E-state index >= 15 is 0 Å². The first-order valence-corrected chi connectivity index (χ1v) is 7.17. The summed E-state index contributed by atoms with van der Waals surface area (Å²) in [7, 11) is 1.47. The van der Waals surface area contributed by atoms with E-state index in [0.717, 1.165) is 18.4 Å². The Morgan fingerprint density at radius 2 is 2.05 bits per heavy atom. The third kappa shape index (κ3) is 2.40. The number of ether oxygens (including phenoxy) is 1. The molecule has 0 bridgehead atoms. The van der Waals surface area contributed by atoms with E-state index in [1.54, 1.807) is 12.1 Å². The SMILES string of the molecule is COc1ccc(CC2Cc3ccccc3C2Cl)cc1F. The fraction of sp³-hybridized carbons (Fsp3) is 0.294. The second-order valence-electron chi connectivity index (χ2n) is 5.24. The van der Waals surface area contributed by atoms with Crippen molar-refractivity contribution in [2.75, 3.05) is 7.11 Å². The summed E-state index contributed by atoms with van der Waals surface area (Å²) < 4.78 is 18.7. The molecule has 2 aromatic rings. The van der Waals surface area contributed by atoms with Crippen LogP contribution in [0.5, 0.6) is 5.75 Å². The van der Waals surface area contributed by atoms with Crippen molar-refractivity contribution in [2.24, 2.45) is 5.92 Å². The summed E-state index contributed by atoms with van der Waals surface area (Å²) in [6, 6.07) is 13.4. The topological polar surface area (TPSA) is 9.23 Å². The molecule has 1 aliphatic carbocycles. The maximum atomic E-state index is 13.7. The monoisotopic (exact) mass is 290 g/mol. The van der Waals surface area contributed by atoms with Gasteiger partial charge in [-0.3, -0.25) is 0 Å². The van der Waals surface area contributed by atoms with E-state index in [1.165, 1.54) is 18.2 Å². The molecule has 104 valence electrons. The zero-order chi connectivity index (χ0) is 14.1. The molecular formula is C17H16ClFO. The average Bonchev–Trinajstić information content (AvgIpc) is 2.76. The van der Waals surface area contributed by atoms with Gasteiger partial charge in [-0.2, -0.15) is 0 Å². The van der Waals surface area contributed by atoms with Gasteiger partial charge < -0.3 is 4.74 Å². The number of fused-ring (bicyclic) bond motifs is 1. The highest BCUT2D eigenvalue weighted by molar-refractivity contribution is 6.21. The number of benzene rings is 2. The van der Waals surface area contributed by atoms with Gasteiger partial charge in [-0.25, -0.2) is 4.39 Å². The van der Waals surface area contributed by atoms with E-state index in [2.05, 4.69) is 12.1 Å². The van der Waals surface area contributed by atoms with E-state index in [-0.39, 0.29) is 16.9 Å². The lowest BCUT2D eigenvalue weighted by Crippen LogP contribution is -2.07. The van der Waals surface area contributed by atoms with E-state index in [9.17, 15) is 4.39 Å². The Labute approximate surface area is 123 Å². The number of rotatable bonds is 3. The third-order valence-corrected chi connectivity index (χ3v) is 4.55. The van der Waals surface area contributed by atoms with Gasteiger partial charge in [-0.15, -0.1) is 11.6 Å². The smallest absolute Gasteiger partial charge is 0.165 e. The number of methoxy groups -OCH3 is 1. The van der Waals surface area contributed by atoms with Crippen LogP contribution in [0.25, 0.3) is 0 Å². The van der Waals surface area contributed by atoms with Gasteiger partial charge in [-0.1, -0.05) is 30.3 Å². The first-order valence-electron chi connectivity index (χ1n) is 6.73. The van der Waals surface area contributed by atoms with Crippen molar-refractivity contribution in [2.45, 2.75) is 18.2 Å². The Hall–Kier alpha value is -1.54. The van der Waals surface area contributed by atoms with Gasteiger partial charge in [0.25, 0.3) is 0 Å². The molecule has 0 aliphatic heterocycles. The number of halogens is 2. The highest BCUT2D eigenvalue weighted by atomic mass is 35.5. The Morgan fingerprint density at radius 1 is 1.25 bits per heavy atom. The van der Waals surface area contributed by atoms with Crippen LogP contribution < -0.4 is 4.74 Å². The van der Waals surface area contributed by atoms with E-state index in [1.807, 2.05) is 18.2 Å². The predicted octanol–water partition coefficient (Wildman–Crippen LogP) is 4.53. The Bertz CT molecular complexity index is 626. The van der Waals surface area contributed by atoms with Crippen LogP contribution in [-0.4, -0.2) is 7.11 Å². The van der Waals surface area contributed by atoms with Crippen LogP contribution in [0.3, 0.4) is 0 Å². The molecule has 0 saturated carbocycles. The lowest BCUT2D eigenvalue weighted by atomic mass is 9.96. The summed E-state index contributed by atoms with van der Waals surface area (Å²) in [5, 5.41) is 0.0105. The van der Waals surface area contributed by atoms with Crippen molar-refractivity contribution in [3.05, 3.63) is 65.0 Å². The molecule has 2 atom stereocenters. The first kappa shape index (κ1) is 13.4. The molecule has 3 heteroatoms. The van der Waals surface area contributed by atoms with Gasteiger partial charge in [0.1, 0.15) is 0 Å². The molecular weight excluding hydrogens is 275 g/mol. The fourth-order valence-corrected chi connectivity index (χ4v) is 3.34. The van der Waals surface area contributed by atoms with E-state index < -0.39 is 0 Å². The molecule has 0 radical (unpaired) electrons. The van der Waals surface area contributed by atoms with Crippen molar-refractivity contribution in [3.8, 4) is 5.75 Å². The number of hydrogen-bond donors (Lipinski definition) is 0. The molecule has 1 aliphatic rings. The van der Waals surface area contributed by atoms with Crippen molar-refractivity contribution in [3.63, 3.8) is 0 Å². The van der Waals surface area contributed by atoms with Crippen LogP contribution in [0.2, 0.25) is 0 Å². The number of alkyl halides is 1. The highest BCUT2D eigenvalue weighted by Gasteiger charge is 2.30. The molecule has 0 N–H and O–H groups in total. The van der Waals surface area contributed by atoms with Gasteiger partial charge in [0.05, 0.1) is 12.5 Å². The van der Waals surface area contributed by atoms with Crippen LogP contribution in [0.1, 0.15) is 22.1 Å². The Balaban J connectivity index is 1.78. The average molecular weight is 291 g/mol. The van der Waals surface area contributed by atoms with Crippen LogP contribution in [0.15, 0.2) is 42.5 Å². The molecule has 0 spiro atoms. The van der Waals surface area contributed by atoms with E-state index in [0.29, 0.717) is 5.92 Å². The molecule has 0 aromatic heterocycles. The van der Waals surface area contributed by atoms with Gasteiger partial charge >= 0.3 is 0 Å². The van der Waals surface area contributed by atoms with E-state index in [4.69, 9.17) is 16.3 Å². The number of hydrogen-bond acceptors (Lipinski definition) is 1. The molecule has 0 saturated heterocycles. The van der Waals surface area contributed by atoms with Crippen molar-refractivity contribution < 1.29 is 9.13 Å². The Kier molecular flexibility index (Phi) is 3.66. The lowest BCUT2D eigenvalue weighted by Gasteiger charge is -2.14. The minimum atomic E-state index is -0.313. The minimum Gasteiger partial charge on any atom is -0.494 e. The van der Waals surface area contributed by atoms with Gasteiger partial charge in [0.15, 0.2) is 11.6 Å². The largest absolute Gasteiger partial charge is 0.494 e. The second kappa shape index (κ2) is 5.45. The third-order valence-electron chi connectivity index (χ3n) is 3.96. The summed E-state index contributed by atoms with van der Waals surface area (Å²) in [4.78, 5) is 0. The first-order chi connectivity index (χ1) is 9.69. The molecule has 0 amide bonds. The van der Waals surface area contributed by atoms with Crippen molar-refractivity contribution in [1.82, 2.24) is 0 Å². The minimum absolute atomic E-state index is 0.0105. The Morgan fingerprint density at radius 3 is 2.75 bits per heavy atom. The summed E-state index contributed by atoms with van der Waals surface area (Å²) in [5.41, 5.74) is 3.49. The van der Waals surface area contributed by atoms with Gasteiger partial charge in [-0.05, 0) is 47.6 Å². The van der Waals surface area contributed by atoms with Gasteiger partial charge in [0, 0.05) is 0 Å². The van der Waals surface area contributed by atoms with Crippen molar-refractivity contribution >= 4 is 11.6 Å². The van der Waals surface area contributed by atoms with Crippen LogP contribution in [-0.2, 0) is 12.8 Å². The maximum absolute atomic E-state index is 13.7. The highest BCUT2D eigenvalue weighted by Crippen LogP contribution is 2.42. The zero-order valence-corrected chi connectivity index (χ0v) is 12.0. The predicted molar refractivity (Wildman–Crippen MR) is 78.9 cm³/mol. The van der Waals surface area contributed by atoms with Crippen LogP contribution in [0, 0.1) is 11.7 Å². The fourth-order valence-electron chi connectivity index (χ4n) is 2.94. The van der Waals surface area contributed by atoms with Gasteiger partial charge in [0.2, 0.25) is 0 Å². The summed E-state index contributed by atoms with van der Waals surface area (Å²) >= 11 is 6.54. The quantitative estimate of drug-likeness (QED) is 0.755. The molecule has 20 heavy (non-hydrogen) atoms. The summed E-state index contributed by atoms with van der Waals surface area (Å²) in [6.45, 7) is 0. The molecule has 1 nitrogen and oxygen atoms in total. The molecule has 3 rings (SSSR count). The molecule has 0 fully saturated rings. The summed E-state index contributed by atoms with van der Waals surface area (Å²) in [5.74, 6) is 0.291. The standard InChI is InChI=1S/C17H16ClFO/c1-20-16-7-6-11(9-15(16)19)8-13-10-12-4-2-3-5-14(12)17(13)18/h2-7,9,13,17H,8,10H2,1H3. The molecule has 2 aromatic carbocycles. The lowest BCUT2D eigenvalue weighted by molar-refractivity contribution is 0.385. The zero-order valence-electron chi connectivity index (χ0n) is 11.3. The molecule has 2 unspecified atom stereocenters. The molecule has 0 heterocycles. The maximum Gasteiger partial charge on any atom is 0.165 e.